The third-order valence-electron chi connectivity index (χ3n) is 6.27. The monoisotopic (exact) mass is 392 g/mol. The predicted molar refractivity (Wildman–Crippen MR) is 114 cm³/mol. The summed E-state index contributed by atoms with van der Waals surface area (Å²) in [5.41, 5.74) is 2.70. The minimum atomic E-state index is -0.833. The van der Waals surface area contributed by atoms with Gasteiger partial charge in [-0.05, 0) is 11.6 Å². The number of benzene rings is 3. The van der Waals surface area contributed by atoms with E-state index in [1.807, 2.05) is 36.4 Å². The molecule has 1 saturated heterocycles. The lowest BCUT2D eigenvalue weighted by Gasteiger charge is -2.45. The van der Waals surface area contributed by atoms with Gasteiger partial charge in [-0.2, -0.15) is 0 Å². The predicted octanol–water partition coefficient (Wildman–Crippen LogP) is 4.70. The van der Waals surface area contributed by atoms with Crippen LogP contribution in [-0.2, 0) is 6.42 Å². The molecule has 144 valence electrons. The molecule has 1 aliphatic heterocycles. The van der Waals surface area contributed by atoms with E-state index in [2.05, 4.69) is 60.8 Å². The van der Waals surface area contributed by atoms with E-state index < -0.39 is 5.60 Å². The van der Waals surface area contributed by atoms with E-state index in [9.17, 15) is 5.11 Å². The van der Waals surface area contributed by atoms with Crippen molar-refractivity contribution in [1.29, 1.82) is 0 Å². The van der Waals surface area contributed by atoms with Gasteiger partial charge in [0.05, 0.1) is 5.60 Å². The summed E-state index contributed by atoms with van der Waals surface area (Å²) >= 11 is 6.44. The van der Waals surface area contributed by atoms with Gasteiger partial charge in [0.1, 0.15) is 12.1 Å². The second-order valence-corrected chi connectivity index (χ2v) is 8.42. The van der Waals surface area contributed by atoms with Gasteiger partial charge in [-0.25, -0.2) is 0 Å². The van der Waals surface area contributed by atoms with Gasteiger partial charge in [0.2, 0.25) is 0 Å². The first-order valence-electron chi connectivity index (χ1n) is 9.97. The molecule has 0 amide bonds. The molecule has 0 unspecified atom stereocenters. The topological polar surface area (TPSA) is 36.8 Å². The van der Waals surface area contributed by atoms with E-state index in [1.54, 1.807) is 0 Å². The first kappa shape index (κ1) is 19.2. The third kappa shape index (κ3) is 3.86. The number of rotatable bonds is 4. The molecule has 1 fully saturated rings. The van der Waals surface area contributed by atoms with Crippen molar-refractivity contribution in [2.75, 3.05) is 0 Å². The van der Waals surface area contributed by atoms with Crippen molar-refractivity contribution in [2.24, 2.45) is 5.92 Å². The maximum absolute atomic E-state index is 11.9. The zero-order valence-corrected chi connectivity index (χ0v) is 16.9. The lowest BCUT2D eigenvalue weighted by atomic mass is 9.69. The molecule has 1 heterocycles. The SMILES string of the molecule is C[C@H]1[C@H](c2ccccc2)[NH2+][C@H](c2ccccc2)C[C@]1(O)Cc1ccccc1Cl. The average molecular weight is 393 g/mol. The Kier molecular flexibility index (Phi) is 5.54. The minimum Gasteiger partial charge on any atom is -0.389 e. The molecule has 3 aromatic carbocycles. The van der Waals surface area contributed by atoms with E-state index in [-0.39, 0.29) is 18.0 Å². The highest BCUT2D eigenvalue weighted by Gasteiger charge is 2.49. The summed E-state index contributed by atoms with van der Waals surface area (Å²) in [5.74, 6) is 0.0890. The van der Waals surface area contributed by atoms with Crippen LogP contribution in [0.5, 0.6) is 0 Å². The number of hydrogen-bond acceptors (Lipinski definition) is 1. The van der Waals surface area contributed by atoms with Crippen molar-refractivity contribution in [3.8, 4) is 0 Å². The number of piperidine rings is 1. The molecule has 0 aromatic heterocycles. The van der Waals surface area contributed by atoms with Crippen molar-refractivity contribution in [3.63, 3.8) is 0 Å². The molecule has 0 aliphatic carbocycles. The summed E-state index contributed by atoms with van der Waals surface area (Å²) in [6.45, 7) is 2.17. The fraction of sp³-hybridized carbons (Fsp3) is 0.280. The van der Waals surface area contributed by atoms with Crippen molar-refractivity contribution < 1.29 is 10.4 Å². The van der Waals surface area contributed by atoms with E-state index in [1.165, 1.54) is 11.1 Å². The van der Waals surface area contributed by atoms with Gasteiger partial charge in [0, 0.05) is 34.9 Å². The Balaban J connectivity index is 1.72. The molecule has 0 bridgehead atoms. The molecule has 0 radical (unpaired) electrons. The van der Waals surface area contributed by atoms with Gasteiger partial charge < -0.3 is 10.4 Å². The normalized spacial score (nSPS) is 27.5. The largest absolute Gasteiger partial charge is 0.389 e. The maximum Gasteiger partial charge on any atom is 0.117 e. The third-order valence-corrected chi connectivity index (χ3v) is 6.63. The molecule has 0 spiro atoms. The highest BCUT2D eigenvalue weighted by Crippen LogP contribution is 2.41. The number of quaternary nitrogens is 1. The molecular weight excluding hydrogens is 366 g/mol. The molecule has 0 saturated carbocycles. The van der Waals surface area contributed by atoms with Crippen LogP contribution in [-0.4, -0.2) is 10.7 Å². The van der Waals surface area contributed by atoms with Gasteiger partial charge in [-0.3, -0.25) is 0 Å². The quantitative estimate of drug-likeness (QED) is 0.663. The zero-order valence-electron chi connectivity index (χ0n) is 16.1. The summed E-state index contributed by atoms with van der Waals surface area (Å²) in [6, 6.07) is 29.3. The van der Waals surface area contributed by atoms with Gasteiger partial charge in [0.15, 0.2) is 0 Å². The number of nitrogens with two attached hydrogens (primary N) is 1. The Labute approximate surface area is 172 Å². The number of aliphatic hydroxyl groups is 1. The van der Waals surface area contributed by atoms with Crippen LogP contribution >= 0.6 is 11.6 Å². The van der Waals surface area contributed by atoms with Gasteiger partial charge in [-0.1, -0.05) is 97.4 Å². The highest BCUT2D eigenvalue weighted by molar-refractivity contribution is 6.31. The number of halogens is 1. The number of hydrogen-bond donors (Lipinski definition) is 2. The molecule has 3 heteroatoms. The van der Waals surface area contributed by atoms with Crippen LogP contribution in [0.1, 0.15) is 42.1 Å². The fourth-order valence-electron chi connectivity index (χ4n) is 4.59. The minimum absolute atomic E-state index is 0.0890. The second kappa shape index (κ2) is 8.08. The summed E-state index contributed by atoms with van der Waals surface area (Å²) < 4.78 is 0. The van der Waals surface area contributed by atoms with E-state index in [0.29, 0.717) is 12.8 Å². The molecule has 3 aromatic rings. The average Bonchev–Trinajstić information content (AvgIpc) is 2.73. The van der Waals surface area contributed by atoms with Crippen LogP contribution in [0.25, 0.3) is 0 Å². The molecule has 4 rings (SSSR count). The molecule has 3 N–H and O–H groups in total. The van der Waals surface area contributed by atoms with Crippen LogP contribution in [0, 0.1) is 5.92 Å². The van der Waals surface area contributed by atoms with Crippen LogP contribution in [0.3, 0.4) is 0 Å². The molecule has 2 nitrogen and oxygen atoms in total. The van der Waals surface area contributed by atoms with Gasteiger partial charge in [-0.15, -0.1) is 0 Å². The van der Waals surface area contributed by atoms with E-state index in [0.717, 1.165) is 10.6 Å². The van der Waals surface area contributed by atoms with Crippen LogP contribution < -0.4 is 5.32 Å². The molecule has 1 aliphatic rings. The van der Waals surface area contributed by atoms with Crippen LogP contribution in [0.4, 0.5) is 0 Å². The Morgan fingerprint density at radius 3 is 2.11 bits per heavy atom. The zero-order chi connectivity index (χ0) is 19.6. The van der Waals surface area contributed by atoms with E-state index in [4.69, 9.17) is 11.6 Å². The first-order valence-corrected chi connectivity index (χ1v) is 10.4. The van der Waals surface area contributed by atoms with Crippen molar-refractivity contribution in [3.05, 3.63) is 107 Å². The summed E-state index contributed by atoms with van der Waals surface area (Å²) in [4.78, 5) is 0. The summed E-state index contributed by atoms with van der Waals surface area (Å²) in [7, 11) is 0. The molecule has 28 heavy (non-hydrogen) atoms. The highest BCUT2D eigenvalue weighted by atomic mass is 35.5. The van der Waals surface area contributed by atoms with Gasteiger partial charge in [0.25, 0.3) is 0 Å². The van der Waals surface area contributed by atoms with Gasteiger partial charge >= 0.3 is 0 Å². The summed E-state index contributed by atoms with van der Waals surface area (Å²) in [5, 5.41) is 15.1. The molecular formula is C25H27ClNO+. The standard InChI is InChI=1S/C25H26ClNO/c1-18-24(20-12-6-3-7-13-20)27-23(19-10-4-2-5-11-19)17-25(18,28)16-21-14-8-9-15-22(21)26/h2-15,18,23-24,27-28H,16-17H2,1H3/p+1/t18-,23-,24+,25+/m0/s1. The van der Waals surface area contributed by atoms with Crippen LogP contribution in [0.2, 0.25) is 5.02 Å². The van der Waals surface area contributed by atoms with Crippen LogP contribution in [0.15, 0.2) is 84.9 Å². The Morgan fingerprint density at radius 1 is 0.893 bits per heavy atom. The van der Waals surface area contributed by atoms with Crippen molar-refractivity contribution >= 4 is 11.6 Å². The summed E-state index contributed by atoms with van der Waals surface area (Å²) in [6.07, 6.45) is 1.26. The maximum atomic E-state index is 11.9. The lowest BCUT2D eigenvalue weighted by Crippen LogP contribution is -2.91. The van der Waals surface area contributed by atoms with Crippen molar-refractivity contribution in [2.45, 2.75) is 37.5 Å². The first-order chi connectivity index (χ1) is 13.6. The Bertz CT molecular complexity index is 914. The Morgan fingerprint density at radius 2 is 1.46 bits per heavy atom. The molecule has 4 atom stereocenters. The smallest absolute Gasteiger partial charge is 0.117 e. The second-order valence-electron chi connectivity index (χ2n) is 8.01. The van der Waals surface area contributed by atoms with Crippen molar-refractivity contribution in [1.82, 2.24) is 0 Å². The Hall–Kier alpha value is -2.13. The fourth-order valence-corrected chi connectivity index (χ4v) is 4.80. The lowest BCUT2D eigenvalue weighted by molar-refractivity contribution is -0.756. The van der Waals surface area contributed by atoms with E-state index >= 15 is 0 Å².